The number of carbonyl (C=O) groups excluding carboxylic acids is 1. The third kappa shape index (κ3) is 5.06. The zero-order valence-corrected chi connectivity index (χ0v) is 12.8. The highest BCUT2D eigenvalue weighted by Gasteiger charge is 2.06. The summed E-state index contributed by atoms with van der Waals surface area (Å²) in [4.78, 5) is 11.8. The number of phenols is 1. The molecule has 0 bridgehead atoms. The maximum absolute atomic E-state index is 11.8. The van der Waals surface area contributed by atoms with Crippen LogP contribution in [-0.2, 0) is 4.79 Å². The van der Waals surface area contributed by atoms with Gasteiger partial charge in [0.1, 0.15) is 11.5 Å². The van der Waals surface area contributed by atoms with Gasteiger partial charge in [-0.05, 0) is 61.1 Å². The van der Waals surface area contributed by atoms with Crippen molar-refractivity contribution in [2.75, 3.05) is 11.9 Å². The van der Waals surface area contributed by atoms with Crippen molar-refractivity contribution in [3.63, 3.8) is 0 Å². The van der Waals surface area contributed by atoms with Gasteiger partial charge in [-0.3, -0.25) is 10.1 Å². The van der Waals surface area contributed by atoms with Crippen LogP contribution in [0.1, 0.15) is 5.56 Å². The third-order valence-electron chi connectivity index (χ3n) is 2.74. The van der Waals surface area contributed by atoms with Gasteiger partial charge in [0.15, 0.2) is 11.7 Å². The largest absolute Gasteiger partial charge is 0.508 e. The van der Waals surface area contributed by atoms with Crippen molar-refractivity contribution in [2.24, 2.45) is 0 Å². The van der Waals surface area contributed by atoms with Crippen LogP contribution in [0.25, 0.3) is 0 Å². The Bertz CT molecular complexity index is 671. The Labute approximate surface area is 133 Å². The van der Waals surface area contributed by atoms with Gasteiger partial charge in [0.2, 0.25) is 0 Å². The number of ether oxygens (including phenoxy) is 1. The molecule has 22 heavy (non-hydrogen) atoms. The molecule has 0 spiro atoms. The number of hydrogen-bond acceptors (Lipinski definition) is 4. The quantitative estimate of drug-likeness (QED) is 0.597. The van der Waals surface area contributed by atoms with Crippen molar-refractivity contribution in [2.45, 2.75) is 6.92 Å². The molecule has 3 N–H and O–H groups in total. The lowest BCUT2D eigenvalue weighted by atomic mass is 10.2. The van der Waals surface area contributed by atoms with E-state index in [1.54, 1.807) is 18.2 Å². The van der Waals surface area contributed by atoms with Crippen molar-refractivity contribution in [1.82, 2.24) is 5.32 Å². The Morgan fingerprint density at radius 3 is 2.64 bits per heavy atom. The second-order valence-electron chi connectivity index (χ2n) is 4.65. The molecule has 5 nitrogen and oxygen atoms in total. The molecule has 2 aromatic carbocycles. The first-order chi connectivity index (χ1) is 10.5. The van der Waals surface area contributed by atoms with Crippen LogP contribution in [0.3, 0.4) is 0 Å². The fourth-order valence-corrected chi connectivity index (χ4v) is 1.96. The lowest BCUT2D eigenvalue weighted by Crippen LogP contribution is -2.37. The second kappa shape index (κ2) is 7.42. The van der Waals surface area contributed by atoms with E-state index < -0.39 is 0 Å². The molecule has 0 heterocycles. The summed E-state index contributed by atoms with van der Waals surface area (Å²) >= 11 is 5.04. The van der Waals surface area contributed by atoms with Crippen LogP contribution in [0.4, 0.5) is 5.69 Å². The van der Waals surface area contributed by atoms with E-state index in [1.165, 1.54) is 12.1 Å². The zero-order chi connectivity index (χ0) is 15.9. The normalized spacial score (nSPS) is 9.86. The van der Waals surface area contributed by atoms with Crippen molar-refractivity contribution >= 4 is 28.9 Å². The fraction of sp³-hybridized carbons (Fsp3) is 0.125. The topological polar surface area (TPSA) is 70.6 Å². The summed E-state index contributed by atoms with van der Waals surface area (Å²) in [5, 5.41) is 14.7. The summed E-state index contributed by atoms with van der Waals surface area (Å²) in [5.41, 5.74) is 1.73. The molecule has 0 atom stereocenters. The highest BCUT2D eigenvalue weighted by molar-refractivity contribution is 7.80. The summed E-state index contributed by atoms with van der Waals surface area (Å²) in [6.07, 6.45) is 0. The van der Waals surface area contributed by atoms with Crippen LogP contribution < -0.4 is 15.4 Å². The molecule has 6 heteroatoms. The summed E-state index contributed by atoms with van der Waals surface area (Å²) in [7, 11) is 0. The van der Waals surface area contributed by atoms with Crippen LogP contribution in [0, 0.1) is 6.92 Å². The lowest BCUT2D eigenvalue weighted by Gasteiger charge is -2.10. The monoisotopic (exact) mass is 316 g/mol. The van der Waals surface area contributed by atoms with Crippen LogP contribution in [0.2, 0.25) is 0 Å². The first kappa shape index (κ1) is 15.8. The number of carbonyl (C=O) groups is 1. The van der Waals surface area contributed by atoms with Crippen molar-refractivity contribution in [1.29, 1.82) is 0 Å². The molecule has 0 saturated heterocycles. The van der Waals surface area contributed by atoms with Gasteiger partial charge < -0.3 is 15.2 Å². The Kier molecular flexibility index (Phi) is 5.32. The molecule has 0 aliphatic carbocycles. The van der Waals surface area contributed by atoms with E-state index >= 15 is 0 Å². The van der Waals surface area contributed by atoms with Crippen molar-refractivity contribution in [3.8, 4) is 11.5 Å². The van der Waals surface area contributed by atoms with Gasteiger partial charge in [-0.2, -0.15) is 0 Å². The van der Waals surface area contributed by atoms with Gasteiger partial charge in [0, 0.05) is 5.69 Å². The number of anilines is 1. The summed E-state index contributed by atoms with van der Waals surface area (Å²) in [5.74, 6) is 0.442. The molecule has 0 saturated carbocycles. The van der Waals surface area contributed by atoms with Gasteiger partial charge in [-0.25, -0.2) is 0 Å². The molecule has 2 aromatic rings. The SMILES string of the molecule is Cc1cccc(OCC(=O)NC(=S)Nc2ccc(O)cc2)c1. The van der Waals surface area contributed by atoms with E-state index in [1.807, 2.05) is 25.1 Å². The first-order valence-corrected chi connectivity index (χ1v) is 7.03. The molecule has 2 rings (SSSR count). The van der Waals surface area contributed by atoms with Gasteiger partial charge in [0.25, 0.3) is 5.91 Å². The van der Waals surface area contributed by atoms with Crippen LogP contribution in [0.5, 0.6) is 11.5 Å². The Morgan fingerprint density at radius 1 is 1.23 bits per heavy atom. The number of hydrogen-bond donors (Lipinski definition) is 3. The number of amides is 1. The standard InChI is InChI=1S/C16H16N2O3S/c1-11-3-2-4-14(9-11)21-10-15(20)18-16(22)17-12-5-7-13(19)8-6-12/h2-9,19H,10H2,1H3,(H2,17,18,20,22). The number of thiocarbonyl (C=S) groups is 1. The first-order valence-electron chi connectivity index (χ1n) is 6.62. The molecule has 114 valence electrons. The van der Waals surface area contributed by atoms with E-state index in [-0.39, 0.29) is 23.4 Å². The van der Waals surface area contributed by atoms with Crippen LogP contribution in [-0.4, -0.2) is 22.7 Å². The molecule has 0 aliphatic rings. The minimum Gasteiger partial charge on any atom is -0.508 e. The highest BCUT2D eigenvalue weighted by Crippen LogP contribution is 2.13. The molecule has 1 amide bonds. The maximum atomic E-state index is 11.8. The number of phenolic OH excluding ortho intramolecular Hbond substituents is 1. The van der Waals surface area contributed by atoms with Gasteiger partial charge in [-0.1, -0.05) is 12.1 Å². The van der Waals surface area contributed by atoms with E-state index in [9.17, 15) is 9.90 Å². The van der Waals surface area contributed by atoms with Crippen molar-refractivity contribution in [3.05, 3.63) is 54.1 Å². The minimum atomic E-state index is -0.349. The van der Waals surface area contributed by atoms with E-state index in [4.69, 9.17) is 17.0 Å². The average molecular weight is 316 g/mol. The summed E-state index contributed by atoms with van der Waals surface area (Å²) < 4.78 is 5.38. The number of nitrogens with one attached hydrogen (secondary N) is 2. The second-order valence-corrected chi connectivity index (χ2v) is 5.06. The minimum absolute atomic E-state index is 0.124. The maximum Gasteiger partial charge on any atom is 0.264 e. The molecular formula is C16H16N2O3S. The molecule has 0 radical (unpaired) electrons. The van der Waals surface area contributed by atoms with Crippen LogP contribution in [0.15, 0.2) is 48.5 Å². The molecular weight excluding hydrogens is 300 g/mol. The van der Waals surface area contributed by atoms with E-state index in [2.05, 4.69) is 10.6 Å². The Hall–Kier alpha value is -2.60. The van der Waals surface area contributed by atoms with Crippen molar-refractivity contribution < 1.29 is 14.6 Å². The molecule has 0 aliphatic heterocycles. The zero-order valence-electron chi connectivity index (χ0n) is 12.0. The molecule has 0 fully saturated rings. The number of aromatic hydroxyl groups is 1. The highest BCUT2D eigenvalue weighted by atomic mass is 32.1. The smallest absolute Gasteiger partial charge is 0.264 e. The Morgan fingerprint density at radius 2 is 1.95 bits per heavy atom. The Balaban J connectivity index is 1.79. The van der Waals surface area contributed by atoms with E-state index in [0.717, 1.165) is 5.56 Å². The predicted octanol–water partition coefficient (Wildman–Crippen LogP) is 2.59. The molecule has 0 unspecified atom stereocenters. The predicted molar refractivity (Wildman–Crippen MR) is 89.1 cm³/mol. The number of rotatable bonds is 4. The summed E-state index contributed by atoms with van der Waals surface area (Å²) in [6, 6.07) is 13.8. The van der Waals surface area contributed by atoms with E-state index in [0.29, 0.717) is 11.4 Å². The fourth-order valence-electron chi connectivity index (χ4n) is 1.72. The van der Waals surface area contributed by atoms with Gasteiger partial charge >= 0.3 is 0 Å². The average Bonchev–Trinajstić information content (AvgIpc) is 2.47. The number of benzene rings is 2. The van der Waals surface area contributed by atoms with Crippen LogP contribution >= 0.6 is 12.2 Å². The van der Waals surface area contributed by atoms with Gasteiger partial charge in [-0.15, -0.1) is 0 Å². The summed E-state index contributed by atoms with van der Waals surface area (Å²) in [6.45, 7) is 1.82. The lowest BCUT2D eigenvalue weighted by molar-refractivity contribution is -0.121. The molecule has 0 aromatic heterocycles. The third-order valence-corrected chi connectivity index (χ3v) is 2.94. The van der Waals surface area contributed by atoms with Gasteiger partial charge in [0.05, 0.1) is 0 Å². The number of aryl methyl sites for hydroxylation is 1.